The van der Waals surface area contributed by atoms with Crippen LogP contribution < -0.4 is 10.6 Å². The van der Waals surface area contributed by atoms with Crippen molar-refractivity contribution in [2.45, 2.75) is 95.4 Å². The number of hydrogen-bond acceptors (Lipinski definition) is 6. The van der Waals surface area contributed by atoms with Gasteiger partial charge in [-0.3, -0.25) is 19.4 Å². The molecule has 8 nitrogen and oxygen atoms in total. The third kappa shape index (κ3) is 6.17. The lowest BCUT2D eigenvalue weighted by Crippen LogP contribution is -2.45. The van der Waals surface area contributed by atoms with E-state index in [1.54, 1.807) is 4.90 Å². The quantitative estimate of drug-likeness (QED) is 0.457. The first-order valence-corrected chi connectivity index (χ1v) is 14.2. The number of carbonyl (C=O) groups excluding carboxylic acids is 3. The lowest BCUT2D eigenvalue weighted by molar-refractivity contribution is -0.125. The number of para-hydroxylation sites is 1. The number of rotatable bonds is 10. The first kappa shape index (κ1) is 26.4. The number of amidine groups is 2. The van der Waals surface area contributed by atoms with E-state index in [1.165, 1.54) is 18.2 Å². The molecule has 1 saturated carbocycles. The molecule has 0 bridgehead atoms. The van der Waals surface area contributed by atoms with Gasteiger partial charge in [-0.2, -0.15) is 0 Å². The van der Waals surface area contributed by atoms with Gasteiger partial charge in [-0.1, -0.05) is 63.4 Å². The standard InChI is InChI=1S/C27H37N5O3S/c1-3-5-17-28-23(33)16-15-21-26(35)32-24(30-21)19-13-9-10-14-20(19)31-27(32)36-22(4-2)25(34)29-18-11-7-6-8-12-18/h9-10,13-14,18,21-22H,3-8,11-12,15-17H2,1-2H3,(H,28,33)(H,29,34)/t21-,22+/m1/s1. The molecule has 2 heterocycles. The van der Waals surface area contributed by atoms with Gasteiger partial charge >= 0.3 is 0 Å². The van der Waals surface area contributed by atoms with E-state index in [0.717, 1.165) is 49.8 Å². The van der Waals surface area contributed by atoms with Crippen molar-refractivity contribution in [2.24, 2.45) is 9.98 Å². The predicted molar refractivity (Wildman–Crippen MR) is 145 cm³/mol. The molecule has 4 rings (SSSR count). The summed E-state index contributed by atoms with van der Waals surface area (Å²) in [5.74, 6) is 0.318. The number of carbonyl (C=O) groups is 3. The Balaban J connectivity index is 1.48. The van der Waals surface area contributed by atoms with Crippen molar-refractivity contribution in [3.8, 4) is 0 Å². The van der Waals surface area contributed by atoms with Crippen LogP contribution in [0.1, 0.15) is 83.6 Å². The summed E-state index contributed by atoms with van der Waals surface area (Å²) < 4.78 is 0. The number of nitrogens with zero attached hydrogens (tertiary/aromatic N) is 3. The molecule has 3 amide bonds. The van der Waals surface area contributed by atoms with Crippen LogP contribution in [0.5, 0.6) is 0 Å². The summed E-state index contributed by atoms with van der Waals surface area (Å²) in [5.41, 5.74) is 1.54. The molecule has 2 atom stereocenters. The zero-order valence-corrected chi connectivity index (χ0v) is 22.1. The minimum absolute atomic E-state index is 0.00129. The molecular weight excluding hydrogens is 474 g/mol. The van der Waals surface area contributed by atoms with Crippen LogP contribution in [0.25, 0.3) is 0 Å². The van der Waals surface area contributed by atoms with E-state index in [9.17, 15) is 14.4 Å². The number of benzene rings is 1. The third-order valence-corrected chi connectivity index (χ3v) is 8.22. The average molecular weight is 512 g/mol. The smallest absolute Gasteiger partial charge is 0.259 e. The Kier molecular flexibility index (Phi) is 9.18. The first-order chi connectivity index (χ1) is 17.5. The second kappa shape index (κ2) is 12.5. The fourth-order valence-corrected chi connectivity index (χ4v) is 5.85. The van der Waals surface area contributed by atoms with Gasteiger partial charge in [0.25, 0.3) is 5.91 Å². The van der Waals surface area contributed by atoms with Crippen LogP contribution in [0.3, 0.4) is 0 Å². The SMILES string of the molecule is CCCCNC(=O)CC[C@H]1N=C2c3ccccc3N=C(S[C@@H](CC)C(=O)NC3CCCCC3)N2C1=O. The van der Waals surface area contributed by atoms with E-state index >= 15 is 0 Å². The molecule has 3 aliphatic rings. The fraction of sp³-hybridized carbons (Fsp3) is 0.593. The zero-order valence-electron chi connectivity index (χ0n) is 21.3. The second-order valence-electron chi connectivity index (χ2n) is 9.65. The molecular formula is C27H37N5O3S. The monoisotopic (exact) mass is 511 g/mol. The van der Waals surface area contributed by atoms with E-state index in [1.807, 2.05) is 31.2 Å². The van der Waals surface area contributed by atoms with Crippen LogP contribution in [0.2, 0.25) is 0 Å². The summed E-state index contributed by atoms with van der Waals surface area (Å²) in [5, 5.41) is 6.25. The minimum Gasteiger partial charge on any atom is -0.356 e. The first-order valence-electron chi connectivity index (χ1n) is 13.3. The number of aliphatic imine (C=N–C) groups is 2. The lowest BCUT2D eigenvalue weighted by Gasteiger charge is -2.29. The van der Waals surface area contributed by atoms with Gasteiger partial charge in [0.05, 0.1) is 10.9 Å². The topological polar surface area (TPSA) is 103 Å². The summed E-state index contributed by atoms with van der Waals surface area (Å²) in [4.78, 5) is 49.9. The highest BCUT2D eigenvalue weighted by Crippen LogP contribution is 2.36. The maximum atomic E-state index is 13.5. The second-order valence-corrected chi connectivity index (χ2v) is 10.8. The van der Waals surface area contributed by atoms with Gasteiger partial charge in [0.15, 0.2) is 5.17 Å². The van der Waals surface area contributed by atoms with Gasteiger partial charge in [0, 0.05) is 24.6 Å². The number of amides is 3. The van der Waals surface area contributed by atoms with Gasteiger partial charge in [0.1, 0.15) is 11.9 Å². The highest BCUT2D eigenvalue weighted by molar-refractivity contribution is 8.15. The molecule has 194 valence electrons. The van der Waals surface area contributed by atoms with Crippen molar-refractivity contribution in [2.75, 3.05) is 6.54 Å². The average Bonchev–Trinajstić information content (AvgIpc) is 3.23. The molecule has 1 fully saturated rings. The molecule has 0 radical (unpaired) electrons. The van der Waals surface area contributed by atoms with Crippen LogP contribution in [0, 0.1) is 0 Å². The van der Waals surface area contributed by atoms with E-state index in [0.29, 0.717) is 30.4 Å². The summed E-state index contributed by atoms with van der Waals surface area (Å²) in [7, 11) is 0. The summed E-state index contributed by atoms with van der Waals surface area (Å²) >= 11 is 1.33. The van der Waals surface area contributed by atoms with Crippen LogP contribution >= 0.6 is 11.8 Å². The van der Waals surface area contributed by atoms with E-state index in [4.69, 9.17) is 9.98 Å². The third-order valence-electron chi connectivity index (χ3n) is 6.91. The highest BCUT2D eigenvalue weighted by Gasteiger charge is 2.42. The molecule has 2 N–H and O–H groups in total. The molecule has 1 aromatic rings. The lowest BCUT2D eigenvalue weighted by atomic mass is 9.95. The number of fused-ring (bicyclic) bond motifs is 3. The molecule has 0 unspecified atom stereocenters. The molecule has 2 aliphatic heterocycles. The molecule has 9 heteroatoms. The van der Waals surface area contributed by atoms with Gasteiger partial charge in [-0.05, 0) is 44.2 Å². The van der Waals surface area contributed by atoms with Gasteiger partial charge in [-0.15, -0.1) is 0 Å². The highest BCUT2D eigenvalue weighted by atomic mass is 32.2. The van der Waals surface area contributed by atoms with Crippen molar-refractivity contribution >= 4 is 46.2 Å². The summed E-state index contributed by atoms with van der Waals surface area (Å²) in [6, 6.07) is 7.21. The Morgan fingerprint density at radius 3 is 2.69 bits per heavy atom. The Morgan fingerprint density at radius 1 is 1.17 bits per heavy atom. The van der Waals surface area contributed by atoms with Crippen molar-refractivity contribution in [1.82, 2.24) is 15.5 Å². The minimum atomic E-state index is -0.634. The number of thioether (sulfide) groups is 1. The summed E-state index contributed by atoms with van der Waals surface area (Å²) in [6.45, 7) is 4.71. The van der Waals surface area contributed by atoms with E-state index in [-0.39, 0.29) is 35.4 Å². The Bertz CT molecular complexity index is 1030. The maximum Gasteiger partial charge on any atom is 0.259 e. The number of unbranched alkanes of at least 4 members (excludes halogenated alkanes) is 1. The van der Waals surface area contributed by atoms with Crippen molar-refractivity contribution in [3.63, 3.8) is 0 Å². The molecule has 0 spiro atoms. The van der Waals surface area contributed by atoms with Gasteiger partial charge in [-0.25, -0.2) is 9.89 Å². The normalized spacial score (nSPS) is 20.2. The van der Waals surface area contributed by atoms with Crippen LogP contribution in [0.4, 0.5) is 5.69 Å². The van der Waals surface area contributed by atoms with Crippen LogP contribution in [0.15, 0.2) is 34.3 Å². The fourth-order valence-electron chi connectivity index (χ4n) is 4.82. The Hall–Kier alpha value is -2.68. The van der Waals surface area contributed by atoms with Crippen molar-refractivity contribution < 1.29 is 14.4 Å². The van der Waals surface area contributed by atoms with Crippen LogP contribution in [-0.4, -0.2) is 57.5 Å². The summed E-state index contributed by atoms with van der Waals surface area (Å²) in [6.07, 6.45) is 8.74. The largest absolute Gasteiger partial charge is 0.356 e. The molecule has 1 aliphatic carbocycles. The zero-order chi connectivity index (χ0) is 25.5. The number of hydrogen-bond donors (Lipinski definition) is 2. The predicted octanol–water partition coefficient (Wildman–Crippen LogP) is 4.30. The van der Waals surface area contributed by atoms with E-state index in [2.05, 4.69) is 17.6 Å². The Labute approximate surface area is 217 Å². The van der Waals surface area contributed by atoms with Gasteiger partial charge in [0.2, 0.25) is 11.8 Å². The molecule has 36 heavy (non-hydrogen) atoms. The maximum absolute atomic E-state index is 13.5. The van der Waals surface area contributed by atoms with E-state index < -0.39 is 6.04 Å². The van der Waals surface area contributed by atoms with Crippen molar-refractivity contribution in [1.29, 1.82) is 0 Å². The van der Waals surface area contributed by atoms with Crippen LogP contribution in [-0.2, 0) is 14.4 Å². The molecule has 1 aromatic carbocycles. The molecule has 0 aromatic heterocycles. The number of nitrogens with one attached hydrogen (secondary N) is 2. The van der Waals surface area contributed by atoms with Gasteiger partial charge < -0.3 is 10.6 Å². The molecule has 0 saturated heterocycles. The Morgan fingerprint density at radius 2 is 1.94 bits per heavy atom. The van der Waals surface area contributed by atoms with Crippen molar-refractivity contribution in [3.05, 3.63) is 29.8 Å².